The van der Waals surface area contributed by atoms with Crippen molar-refractivity contribution in [2.75, 3.05) is 26.2 Å². The number of aryl methyl sites for hydroxylation is 2. The molecule has 0 bridgehead atoms. The number of benzene rings is 1. The second kappa shape index (κ2) is 7.29. The number of para-hydroxylation sites is 1. The highest BCUT2D eigenvalue weighted by molar-refractivity contribution is 5.87. The second-order valence-electron chi connectivity index (χ2n) is 8.42. The van der Waals surface area contributed by atoms with Gasteiger partial charge in [0.15, 0.2) is 0 Å². The summed E-state index contributed by atoms with van der Waals surface area (Å²) in [7, 11) is 0. The fraction of sp³-hybridized carbons (Fsp3) is 0.500. The first-order valence-corrected chi connectivity index (χ1v) is 9.60. The summed E-state index contributed by atoms with van der Waals surface area (Å²) >= 11 is 0. The lowest BCUT2D eigenvalue weighted by atomic mass is 9.94. The van der Waals surface area contributed by atoms with Gasteiger partial charge in [-0.3, -0.25) is 14.6 Å². The van der Waals surface area contributed by atoms with Crippen molar-refractivity contribution in [1.82, 2.24) is 14.8 Å². The highest BCUT2D eigenvalue weighted by atomic mass is 16.2. The Hall–Kier alpha value is -2.43. The van der Waals surface area contributed by atoms with Gasteiger partial charge in [-0.15, -0.1) is 0 Å². The van der Waals surface area contributed by atoms with Crippen molar-refractivity contribution >= 4 is 22.7 Å². The van der Waals surface area contributed by atoms with Crippen molar-refractivity contribution in [1.29, 1.82) is 0 Å². The molecule has 2 amide bonds. The molecule has 0 saturated carbocycles. The number of amides is 2. The van der Waals surface area contributed by atoms with Gasteiger partial charge in [-0.05, 0) is 31.0 Å². The van der Waals surface area contributed by atoms with Crippen molar-refractivity contribution in [3.8, 4) is 0 Å². The molecule has 0 atom stereocenters. The second-order valence-corrected chi connectivity index (χ2v) is 8.42. The van der Waals surface area contributed by atoms with E-state index in [1.807, 2.05) is 55.7 Å². The van der Waals surface area contributed by atoms with E-state index in [9.17, 15) is 9.59 Å². The van der Waals surface area contributed by atoms with E-state index in [1.165, 1.54) is 0 Å². The molecule has 1 aliphatic rings. The molecule has 1 fully saturated rings. The molecule has 1 aromatic carbocycles. The van der Waals surface area contributed by atoms with Crippen molar-refractivity contribution in [2.24, 2.45) is 5.41 Å². The van der Waals surface area contributed by atoms with Gasteiger partial charge in [0.1, 0.15) is 0 Å². The van der Waals surface area contributed by atoms with Crippen LogP contribution in [0.2, 0.25) is 0 Å². The van der Waals surface area contributed by atoms with Crippen molar-refractivity contribution < 1.29 is 9.59 Å². The summed E-state index contributed by atoms with van der Waals surface area (Å²) in [5.74, 6) is 0.265. The number of pyridine rings is 1. The SMILES string of the molecule is Cc1nc2ccccc2c(C)c1CC(=O)N1CCN(C(=O)C(C)(C)C)CC1. The number of piperazine rings is 1. The number of fused-ring (bicyclic) bond motifs is 1. The molecule has 1 aliphatic heterocycles. The van der Waals surface area contributed by atoms with E-state index in [0.29, 0.717) is 32.6 Å². The van der Waals surface area contributed by atoms with E-state index < -0.39 is 0 Å². The lowest BCUT2D eigenvalue weighted by Crippen LogP contribution is -2.53. The van der Waals surface area contributed by atoms with Crippen LogP contribution < -0.4 is 0 Å². The zero-order valence-electron chi connectivity index (χ0n) is 17.0. The standard InChI is InChI=1S/C22H29N3O2/c1-15-17-8-6-7-9-19(17)23-16(2)18(15)14-20(26)24-10-12-25(13-11-24)21(27)22(3,4)5/h6-9H,10-14H2,1-5H3. The molecule has 0 N–H and O–H groups in total. The largest absolute Gasteiger partial charge is 0.339 e. The number of nitrogens with zero attached hydrogens (tertiary/aromatic N) is 3. The fourth-order valence-corrected chi connectivity index (χ4v) is 3.73. The normalized spacial score (nSPS) is 15.3. The van der Waals surface area contributed by atoms with Crippen molar-refractivity contribution in [2.45, 2.75) is 41.0 Å². The Morgan fingerprint density at radius 3 is 2.22 bits per heavy atom. The number of carbonyl (C=O) groups excluding carboxylic acids is 2. The third-order valence-corrected chi connectivity index (χ3v) is 5.37. The van der Waals surface area contributed by atoms with E-state index in [-0.39, 0.29) is 17.2 Å². The first kappa shape index (κ1) is 19.3. The molecule has 27 heavy (non-hydrogen) atoms. The van der Waals surface area contributed by atoms with Gasteiger partial charge < -0.3 is 9.80 Å². The van der Waals surface area contributed by atoms with E-state index in [2.05, 4.69) is 18.0 Å². The maximum atomic E-state index is 12.9. The number of hydrogen-bond donors (Lipinski definition) is 0. The van der Waals surface area contributed by atoms with Gasteiger partial charge in [-0.2, -0.15) is 0 Å². The van der Waals surface area contributed by atoms with Crippen LogP contribution in [0.5, 0.6) is 0 Å². The Morgan fingerprint density at radius 2 is 1.59 bits per heavy atom. The van der Waals surface area contributed by atoms with Gasteiger partial charge in [0, 0.05) is 42.7 Å². The molecular weight excluding hydrogens is 338 g/mol. The molecule has 0 unspecified atom stereocenters. The van der Waals surface area contributed by atoms with Crippen molar-refractivity contribution in [3.63, 3.8) is 0 Å². The van der Waals surface area contributed by atoms with Crippen LogP contribution in [0.25, 0.3) is 10.9 Å². The van der Waals surface area contributed by atoms with Crippen LogP contribution >= 0.6 is 0 Å². The van der Waals surface area contributed by atoms with Crippen LogP contribution in [0.3, 0.4) is 0 Å². The van der Waals surface area contributed by atoms with Crippen LogP contribution in [0.4, 0.5) is 0 Å². The summed E-state index contributed by atoms with van der Waals surface area (Å²) in [5.41, 5.74) is 3.66. The number of carbonyl (C=O) groups is 2. The molecule has 0 radical (unpaired) electrons. The molecule has 0 aliphatic carbocycles. The van der Waals surface area contributed by atoms with Crippen molar-refractivity contribution in [3.05, 3.63) is 41.1 Å². The Labute approximate surface area is 161 Å². The molecule has 144 valence electrons. The van der Waals surface area contributed by atoms with Crippen LogP contribution in [-0.2, 0) is 16.0 Å². The minimum Gasteiger partial charge on any atom is -0.339 e. The predicted octanol–water partition coefficient (Wildman–Crippen LogP) is 3.11. The minimum atomic E-state index is -0.378. The van der Waals surface area contributed by atoms with Gasteiger partial charge >= 0.3 is 0 Å². The molecule has 0 spiro atoms. The van der Waals surface area contributed by atoms with Gasteiger partial charge in [0.05, 0.1) is 11.9 Å². The molecule has 2 heterocycles. The van der Waals surface area contributed by atoms with E-state index in [0.717, 1.165) is 27.7 Å². The van der Waals surface area contributed by atoms with Crippen LogP contribution in [0.1, 0.15) is 37.6 Å². The summed E-state index contributed by atoms with van der Waals surface area (Å²) in [5, 5.41) is 1.10. The van der Waals surface area contributed by atoms with Gasteiger partial charge in [-0.1, -0.05) is 39.0 Å². The average Bonchev–Trinajstić information content (AvgIpc) is 2.63. The fourth-order valence-electron chi connectivity index (χ4n) is 3.73. The molecule has 3 rings (SSSR count). The minimum absolute atomic E-state index is 0.112. The maximum absolute atomic E-state index is 12.9. The van der Waals surface area contributed by atoms with E-state index in [1.54, 1.807) is 0 Å². The Kier molecular flexibility index (Phi) is 5.22. The van der Waals surface area contributed by atoms with Gasteiger partial charge in [0.25, 0.3) is 0 Å². The summed E-state index contributed by atoms with van der Waals surface area (Å²) in [4.78, 5) is 33.7. The number of hydrogen-bond acceptors (Lipinski definition) is 3. The average molecular weight is 367 g/mol. The summed E-state index contributed by atoms with van der Waals surface area (Å²) in [6.07, 6.45) is 0.364. The van der Waals surface area contributed by atoms with Gasteiger partial charge in [-0.25, -0.2) is 0 Å². The maximum Gasteiger partial charge on any atom is 0.228 e. The highest BCUT2D eigenvalue weighted by Crippen LogP contribution is 2.24. The predicted molar refractivity (Wildman–Crippen MR) is 108 cm³/mol. The molecule has 5 heteroatoms. The topological polar surface area (TPSA) is 53.5 Å². The van der Waals surface area contributed by atoms with Crippen LogP contribution in [0, 0.1) is 19.3 Å². The van der Waals surface area contributed by atoms with Gasteiger partial charge in [0.2, 0.25) is 11.8 Å². The lowest BCUT2D eigenvalue weighted by Gasteiger charge is -2.37. The monoisotopic (exact) mass is 367 g/mol. The Balaban J connectivity index is 1.70. The molecule has 1 aromatic heterocycles. The first-order chi connectivity index (χ1) is 12.7. The zero-order chi connectivity index (χ0) is 19.8. The first-order valence-electron chi connectivity index (χ1n) is 9.60. The van der Waals surface area contributed by atoms with Crippen LogP contribution in [-0.4, -0.2) is 52.8 Å². The molecule has 2 aromatic rings. The lowest BCUT2D eigenvalue weighted by molar-refractivity contribution is -0.144. The Bertz CT molecular complexity index is 875. The van der Waals surface area contributed by atoms with Crippen LogP contribution in [0.15, 0.2) is 24.3 Å². The molecule has 5 nitrogen and oxygen atoms in total. The zero-order valence-corrected chi connectivity index (χ0v) is 17.0. The third kappa shape index (κ3) is 3.97. The number of aromatic nitrogens is 1. The summed E-state index contributed by atoms with van der Waals surface area (Å²) < 4.78 is 0. The summed E-state index contributed by atoms with van der Waals surface area (Å²) in [6.45, 7) is 12.3. The smallest absolute Gasteiger partial charge is 0.228 e. The quantitative estimate of drug-likeness (QED) is 0.819. The summed E-state index contributed by atoms with van der Waals surface area (Å²) in [6, 6.07) is 8.05. The highest BCUT2D eigenvalue weighted by Gasteiger charge is 2.31. The number of rotatable bonds is 2. The molecular formula is C22H29N3O2. The van der Waals surface area contributed by atoms with E-state index >= 15 is 0 Å². The molecule has 1 saturated heterocycles. The third-order valence-electron chi connectivity index (χ3n) is 5.37. The van der Waals surface area contributed by atoms with E-state index in [4.69, 9.17) is 0 Å². The Morgan fingerprint density at radius 1 is 1.00 bits per heavy atom.